The Morgan fingerprint density at radius 2 is 1.68 bits per heavy atom. The Morgan fingerprint density at radius 3 is 2.28 bits per heavy atom. The number of aryl methyl sites for hydroxylation is 1. The zero-order valence-electron chi connectivity index (χ0n) is 14.0. The molecule has 0 unspecified atom stereocenters. The monoisotopic (exact) mass is 362 g/mol. The van der Waals surface area contributed by atoms with Crippen molar-refractivity contribution in [2.24, 2.45) is 0 Å². The third-order valence-corrected chi connectivity index (χ3v) is 3.69. The molecule has 0 aliphatic carbocycles. The van der Waals surface area contributed by atoms with E-state index in [0.29, 0.717) is 28.5 Å². The first-order valence-electron chi connectivity index (χ1n) is 7.58. The summed E-state index contributed by atoms with van der Waals surface area (Å²) < 4.78 is 10.4. The average Bonchev–Trinajstić information content (AvgIpc) is 2.63. The molecule has 25 heavy (non-hydrogen) atoms. The fourth-order valence-corrected chi connectivity index (χ4v) is 2.35. The van der Waals surface area contributed by atoms with Gasteiger partial charge in [0, 0.05) is 23.1 Å². The number of hydrogen-bond donors (Lipinski definition) is 2. The molecule has 132 valence electrons. The van der Waals surface area contributed by atoms with Crippen LogP contribution in [0.15, 0.2) is 42.5 Å². The van der Waals surface area contributed by atoms with Crippen molar-refractivity contribution in [3.63, 3.8) is 0 Å². The summed E-state index contributed by atoms with van der Waals surface area (Å²) in [5.74, 6) is 0.573. The third kappa shape index (κ3) is 5.69. The standard InChI is InChI=1S/C18H19ClN2O4/c1-24-15-8-12(9-16(11-15)25-2)6-7-17(22)20-21-18(23)13-4-3-5-14(19)10-13/h3-5,8-11H,6-7H2,1-2H3,(H,20,22)(H,21,23). The predicted molar refractivity (Wildman–Crippen MR) is 94.9 cm³/mol. The summed E-state index contributed by atoms with van der Waals surface area (Å²) in [5, 5.41) is 0.450. The number of halogens is 1. The normalized spacial score (nSPS) is 10.0. The number of ether oxygens (including phenoxy) is 2. The van der Waals surface area contributed by atoms with Crippen molar-refractivity contribution >= 4 is 23.4 Å². The number of methoxy groups -OCH3 is 2. The van der Waals surface area contributed by atoms with Gasteiger partial charge in [-0.1, -0.05) is 17.7 Å². The first-order valence-corrected chi connectivity index (χ1v) is 7.96. The minimum atomic E-state index is -0.432. The highest BCUT2D eigenvalue weighted by atomic mass is 35.5. The van der Waals surface area contributed by atoms with Crippen LogP contribution in [0, 0.1) is 0 Å². The molecular formula is C18H19ClN2O4. The van der Waals surface area contributed by atoms with Crippen molar-refractivity contribution < 1.29 is 19.1 Å². The molecule has 2 aromatic rings. The van der Waals surface area contributed by atoms with Gasteiger partial charge in [0.25, 0.3) is 5.91 Å². The molecule has 0 radical (unpaired) electrons. The third-order valence-electron chi connectivity index (χ3n) is 3.45. The fraction of sp³-hybridized carbons (Fsp3) is 0.222. The Kier molecular flexibility index (Phi) is 6.65. The highest BCUT2D eigenvalue weighted by Crippen LogP contribution is 2.23. The number of nitrogens with one attached hydrogen (secondary N) is 2. The predicted octanol–water partition coefficient (Wildman–Crippen LogP) is 2.75. The molecular weight excluding hydrogens is 344 g/mol. The van der Waals surface area contributed by atoms with Gasteiger partial charge in [-0.05, 0) is 42.3 Å². The lowest BCUT2D eigenvalue weighted by atomic mass is 10.1. The van der Waals surface area contributed by atoms with Gasteiger partial charge in [-0.2, -0.15) is 0 Å². The number of hydrogen-bond acceptors (Lipinski definition) is 4. The summed E-state index contributed by atoms with van der Waals surface area (Å²) in [7, 11) is 3.13. The van der Waals surface area contributed by atoms with E-state index in [2.05, 4.69) is 10.9 Å². The second-order valence-corrected chi connectivity index (χ2v) is 5.67. The molecule has 0 saturated carbocycles. The van der Waals surface area contributed by atoms with Crippen molar-refractivity contribution in [3.05, 3.63) is 58.6 Å². The van der Waals surface area contributed by atoms with Crippen molar-refractivity contribution in [1.82, 2.24) is 10.9 Å². The molecule has 2 aromatic carbocycles. The van der Waals surface area contributed by atoms with E-state index in [1.54, 1.807) is 38.5 Å². The number of hydrazine groups is 1. The van der Waals surface area contributed by atoms with Crippen LogP contribution in [0.3, 0.4) is 0 Å². The fourth-order valence-electron chi connectivity index (χ4n) is 2.16. The summed E-state index contributed by atoms with van der Waals surface area (Å²) in [5.41, 5.74) is 6.01. The van der Waals surface area contributed by atoms with E-state index in [9.17, 15) is 9.59 Å². The highest BCUT2D eigenvalue weighted by Gasteiger charge is 2.09. The molecule has 0 saturated heterocycles. The van der Waals surface area contributed by atoms with Crippen molar-refractivity contribution in [2.45, 2.75) is 12.8 Å². The smallest absolute Gasteiger partial charge is 0.269 e. The maximum absolute atomic E-state index is 11.9. The number of carbonyl (C=O) groups is 2. The minimum Gasteiger partial charge on any atom is -0.497 e. The Morgan fingerprint density at radius 1 is 1.00 bits per heavy atom. The summed E-state index contributed by atoms with van der Waals surface area (Å²) in [6.07, 6.45) is 0.679. The topological polar surface area (TPSA) is 76.7 Å². The SMILES string of the molecule is COc1cc(CCC(=O)NNC(=O)c2cccc(Cl)c2)cc(OC)c1. The summed E-state index contributed by atoms with van der Waals surface area (Å²) in [6.45, 7) is 0. The molecule has 2 rings (SSSR count). The van der Waals surface area contributed by atoms with Crippen LogP contribution in [0.4, 0.5) is 0 Å². The molecule has 6 nitrogen and oxygen atoms in total. The maximum Gasteiger partial charge on any atom is 0.269 e. The van der Waals surface area contributed by atoms with Crippen molar-refractivity contribution in [3.8, 4) is 11.5 Å². The molecule has 0 atom stereocenters. The van der Waals surface area contributed by atoms with Gasteiger partial charge in [0.05, 0.1) is 14.2 Å². The molecule has 0 heterocycles. The van der Waals surface area contributed by atoms with Gasteiger partial charge >= 0.3 is 0 Å². The molecule has 2 N–H and O–H groups in total. The van der Waals surface area contributed by atoms with Crippen LogP contribution in [0.2, 0.25) is 5.02 Å². The van der Waals surface area contributed by atoms with E-state index in [1.165, 1.54) is 6.07 Å². The molecule has 0 spiro atoms. The van der Waals surface area contributed by atoms with Gasteiger partial charge < -0.3 is 9.47 Å². The first kappa shape index (κ1) is 18.6. The van der Waals surface area contributed by atoms with Crippen LogP contribution < -0.4 is 20.3 Å². The van der Waals surface area contributed by atoms with Crippen LogP contribution in [-0.4, -0.2) is 26.0 Å². The van der Waals surface area contributed by atoms with Gasteiger partial charge in [0.2, 0.25) is 5.91 Å². The van der Waals surface area contributed by atoms with E-state index in [4.69, 9.17) is 21.1 Å². The van der Waals surface area contributed by atoms with Crippen molar-refractivity contribution in [2.75, 3.05) is 14.2 Å². The summed E-state index contributed by atoms with van der Waals surface area (Å²) >= 11 is 5.83. The second kappa shape index (κ2) is 8.94. The Hall–Kier alpha value is -2.73. The second-order valence-electron chi connectivity index (χ2n) is 5.23. The van der Waals surface area contributed by atoms with Gasteiger partial charge in [-0.3, -0.25) is 20.4 Å². The number of benzene rings is 2. The Labute approximate surface area is 151 Å². The minimum absolute atomic E-state index is 0.201. The maximum atomic E-state index is 11.9. The lowest BCUT2D eigenvalue weighted by Gasteiger charge is -2.10. The van der Waals surface area contributed by atoms with Gasteiger partial charge in [0.15, 0.2) is 0 Å². The summed E-state index contributed by atoms with van der Waals surface area (Å²) in [4.78, 5) is 23.8. The molecule has 0 aliphatic rings. The van der Waals surface area contributed by atoms with E-state index in [-0.39, 0.29) is 12.3 Å². The van der Waals surface area contributed by atoms with Gasteiger partial charge in [-0.15, -0.1) is 0 Å². The molecule has 0 aromatic heterocycles. The number of amides is 2. The van der Waals surface area contributed by atoms with Gasteiger partial charge in [0.1, 0.15) is 11.5 Å². The molecule has 0 fully saturated rings. The first-order chi connectivity index (χ1) is 12.0. The average molecular weight is 363 g/mol. The largest absolute Gasteiger partial charge is 0.497 e. The lowest BCUT2D eigenvalue weighted by molar-refractivity contribution is -0.121. The van der Waals surface area contributed by atoms with Gasteiger partial charge in [-0.25, -0.2) is 0 Å². The highest BCUT2D eigenvalue weighted by molar-refractivity contribution is 6.30. The Bertz CT molecular complexity index is 742. The van der Waals surface area contributed by atoms with Crippen molar-refractivity contribution in [1.29, 1.82) is 0 Å². The zero-order valence-corrected chi connectivity index (χ0v) is 14.7. The molecule has 7 heteroatoms. The van der Waals surface area contributed by atoms with Crippen LogP contribution in [0.5, 0.6) is 11.5 Å². The number of rotatable bonds is 6. The molecule has 2 amide bonds. The number of carbonyl (C=O) groups excluding carboxylic acids is 2. The summed E-state index contributed by atoms with van der Waals surface area (Å²) in [6, 6.07) is 11.9. The quantitative estimate of drug-likeness (QED) is 0.775. The van der Waals surface area contributed by atoms with Crippen LogP contribution in [0.25, 0.3) is 0 Å². The molecule has 0 aliphatic heterocycles. The van der Waals surface area contributed by atoms with E-state index in [0.717, 1.165) is 5.56 Å². The van der Waals surface area contributed by atoms with E-state index in [1.807, 2.05) is 12.1 Å². The van der Waals surface area contributed by atoms with E-state index >= 15 is 0 Å². The Balaban J connectivity index is 1.85. The van der Waals surface area contributed by atoms with Crippen LogP contribution in [-0.2, 0) is 11.2 Å². The van der Waals surface area contributed by atoms with E-state index < -0.39 is 5.91 Å². The molecule has 0 bridgehead atoms. The lowest BCUT2D eigenvalue weighted by Crippen LogP contribution is -2.41. The van der Waals surface area contributed by atoms with Crippen LogP contribution >= 0.6 is 11.6 Å². The zero-order chi connectivity index (χ0) is 18.2. The van der Waals surface area contributed by atoms with Crippen LogP contribution in [0.1, 0.15) is 22.3 Å².